The van der Waals surface area contributed by atoms with Gasteiger partial charge in [-0.2, -0.15) is 0 Å². The molecule has 0 amide bonds. The SMILES string of the molecule is C=CC1(I)C=CC=CC1. The first-order valence-electron chi connectivity index (χ1n) is 2.94. The third kappa shape index (κ3) is 1.68. The summed E-state index contributed by atoms with van der Waals surface area (Å²) in [6, 6.07) is 0. The van der Waals surface area contributed by atoms with Crippen molar-refractivity contribution in [2.75, 3.05) is 0 Å². The van der Waals surface area contributed by atoms with Crippen molar-refractivity contribution in [2.24, 2.45) is 0 Å². The highest BCUT2D eigenvalue weighted by Gasteiger charge is 2.17. The van der Waals surface area contributed by atoms with Gasteiger partial charge in [0.25, 0.3) is 0 Å². The van der Waals surface area contributed by atoms with Crippen LogP contribution in [0.2, 0.25) is 0 Å². The second-order valence-corrected chi connectivity index (χ2v) is 4.13. The molecule has 1 aliphatic carbocycles. The molecule has 0 nitrogen and oxygen atoms in total. The average molecular weight is 232 g/mol. The fraction of sp³-hybridized carbons (Fsp3) is 0.250. The van der Waals surface area contributed by atoms with E-state index in [4.69, 9.17) is 0 Å². The Balaban J connectivity index is 2.73. The van der Waals surface area contributed by atoms with E-state index in [0.29, 0.717) is 0 Å². The predicted octanol–water partition coefficient (Wildman–Crippen LogP) is 2.86. The van der Waals surface area contributed by atoms with E-state index in [1.54, 1.807) is 0 Å². The smallest absolute Gasteiger partial charge is 0.0615 e. The first-order valence-corrected chi connectivity index (χ1v) is 4.02. The van der Waals surface area contributed by atoms with Crippen molar-refractivity contribution in [3.8, 4) is 0 Å². The maximum Gasteiger partial charge on any atom is 0.0615 e. The van der Waals surface area contributed by atoms with E-state index >= 15 is 0 Å². The number of rotatable bonds is 1. The second-order valence-electron chi connectivity index (χ2n) is 2.12. The van der Waals surface area contributed by atoms with Gasteiger partial charge in [0.05, 0.1) is 3.42 Å². The molecule has 0 fully saturated rings. The maximum atomic E-state index is 3.76. The van der Waals surface area contributed by atoms with Crippen LogP contribution in [-0.2, 0) is 0 Å². The monoisotopic (exact) mass is 232 g/mol. The van der Waals surface area contributed by atoms with Crippen molar-refractivity contribution in [1.82, 2.24) is 0 Å². The summed E-state index contributed by atoms with van der Waals surface area (Å²) in [5.74, 6) is 0. The zero-order valence-corrected chi connectivity index (χ0v) is 7.34. The number of allylic oxidation sites excluding steroid dienone is 5. The average Bonchev–Trinajstić information content (AvgIpc) is 1.90. The van der Waals surface area contributed by atoms with Crippen LogP contribution in [-0.4, -0.2) is 3.42 Å². The van der Waals surface area contributed by atoms with Gasteiger partial charge in [-0.3, -0.25) is 0 Å². The lowest BCUT2D eigenvalue weighted by Gasteiger charge is -2.18. The summed E-state index contributed by atoms with van der Waals surface area (Å²) in [7, 11) is 0. The van der Waals surface area contributed by atoms with E-state index in [2.05, 4.69) is 53.5 Å². The van der Waals surface area contributed by atoms with Crippen LogP contribution in [0.4, 0.5) is 0 Å². The molecular weight excluding hydrogens is 223 g/mol. The van der Waals surface area contributed by atoms with Gasteiger partial charge in [0, 0.05) is 0 Å². The largest absolute Gasteiger partial charge is 0.101 e. The molecule has 1 aliphatic rings. The van der Waals surface area contributed by atoms with E-state index < -0.39 is 0 Å². The molecule has 0 saturated heterocycles. The first kappa shape index (κ1) is 7.06. The summed E-state index contributed by atoms with van der Waals surface area (Å²) in [5.41, 5.74) is 0. The van der Waals surface area contributed by atoms with Crippen molar-refractivity contribution in [2.45, 2.75) is 9.84 Å². The molecule has 0 radical (unpaired) electrons. The summed E-state index contributed by atoms with van der Waals surface area (Å²) < 4.78 is 0.187. The fourth-order valence-corrected chi connectivity index (χ4v) is 1.22. The topological polar surface area (TPSA) is 0 Å². The molecule has 0 aliphatic heterocycles. The molecular formula is C8H9I. The summed E-state index contributed by atoms with van der Waals surface area (Å²) in [6.07, 6.45) is 11.5. The Morgan fingerprint density at radius 1 is 1.56 bits per heavy atom. The van der Waals surface area contributed by atoms with Gasteiger partial charge < -0.3 is 0 Å². The van der Waals surface area contributed by atoms with Crippen LogP contribution < -0.4 is 0 Å². The lowest BCUT2D eigenvalue weighted by atomic mass is 10.0. The van der Waals surface area contributed by atoms with E-state index in [9.17, 15) is 0 Å². The highest BCUT2D eigenvalue weighted by Crippen LogP contribution is 2.28. The zero-order valence-electron chi connectivity index (χ0n) is 5.18. The Labute approximate surface area is 69.5 Å². The molecule has 1 rings (SSSR count). The van der Waals surface area contributed by atoms with Crippen LogP contribution in [0.3, 0.4) is 0 Å². The fourth-order valence-electron chi connectivity index (χ4n) is 0.762. The van der Waals surface area contributed by atoms with Gasteiger partial charge in [-0.25, -0.2) is 0 Å². The van der Waals surface area contributed by atoms with Crippen molar-refractivity contribution >= 4 is 22.6 Å². The van der Waals surface area contributed by atoms with E-state index in [-0.39, 0.29) is 3.42 Å². The van der Waals surface area contributed by atoms with Crippen molar-refractivity contribution in [3.05, 3.63) is 37.0 Å². The molecule has 48 valence electrons. The van der Waals surface area contributed by atoms with Gasteiger partial charge in [-0.15, -0.1) is 6.58 Å². The molecule has 0 spiro atoms. The van der Waals surface area contributed by atoms with Crippen molar-refractivity contribution in [3.63, 3.8) is 0 Å². The minimum absolute atomic E-state index is 0.187. The van der Waals surface area contributed by atoms with Gasteiger partial charge in [0.1, 0.15) is 0 Å². The van der Waals surface area contributed by atoms with Crippen molar-refractivity contribution in [1.29, 1.82) is 0 Å². The van der Waals surface area contributed by atoms with Gasteiger partial charge in [0.15, 0.2) is 0 Å². The first-order chi connectivity index (χ1) is 4.27. The minimum atomic E-state index is 0.187. The van der Waals surface area contributed by atoms with E-state index in [1.807, 2.05) is 6.08 Å². The highest BCUT2D eigenvalue weighted by atomic mass is 127. The Bertz CT molecular complexity index is 167. The van der Waals surface area contributed by atoms with Gasteiger partial charge in [-0.1, -0.05) is 53.0 Å². The Hall–Kier alpha value is -0.0500. The van der Waals surface area contributed by atoms with Gasteiger partial charge in [-0.05, 0) is 6.42 Å². The number of halogens is 1. The standard InChI is InChI=1S/C8H9I/c1-2-8(9)6-4-3-5-7-8/h2-6H,1,7H2. The molecule has 0 aromatic rings. The molecule has 1 heteroatoms. The minimum Gasteiger partial charge on any atom is -0.101 e. The molecule has 0 N–H and O–H groups in total. The summed E-state index contributed by atoms with van der Waals surface area (Å²) in [5, 5.41) is 0. The molecule has 9 heavy (non-hydrogen) atoms. The quantitative estimate of drug-likeness (QED) is 0.370. The van der Waals surface area contributed by atoms with E-state index in [0.717, 1.165) is 6.42 Å². The van der Waals surface area contributed by atoms with Crippen molar-refractivity contribution < 1.29 is 0 Å². The predicted molar refractivity (Wildman–Crippen MR) is 49.8 cm³/mol. The molecule has 1 unspecified atom stereocenters. The Morgan fingerprint density at radius 2 is 2.33 bits per heavy atom. The van der Waals surface area contributed by atoms with Crippen LogP contribution in [0, 0.1) is 0 Å². The summed E-state index contributed by atoms with van der Waals surface area (Å²) in [4.78, 5) is 0. The number of hydrogen-bond acceptors (Lipinski definition) is 0. The molecule has 1 atom stereocenters. The van der Waals surface area contributed by atoms with Crippen LogP contribution in [0.5, 0.6) is 0 Å². The van der Waals surface area contributed by atoms with Gasteiger partial charge in [0.2, 0.25) is 0 Å². The maximum absolute atomic E-state index is 3.76. The molecule has 0 bridgehead atoms. The normalized spacial score (nSPS) is 32.6. The van der Waals surface area contributed by atoms with Crippen LogP contribution in [0.1, 0.15) is 6.42 Å². The summed E-state index contributed by atoms with van der Waals surface area (Å²) in [6.45, 7) is 3.76. The lowest BCUT2D eigenvalue weighted by Crippen LogP contribution is -2.12. The summed E-state index contributed by atoms with van der Waals surface area (Å²) >= 11 is 2.40. The third-order valence-electron chi connectivity index (χ3n) is 1.39. The lowest BCUT2D eigenvalue weighted by molar-refractivity contribution is 0.923. The molecule has 0 aromatic heterocycles. The highest BCUT2D eigenvalue weighted by molar-refractivity contribution is 14.1. The van der Waals surface area contributed by atoms with Crippen LogP contribution in [0.15, 0.2) is 37.0 Å². The number of hydrogen-bond donors (Lipinski definition) is 0. The zero-order chi connectivity index (χ0) is 6.74. The molecule has 0 saturated carbocycles. The molecule has 0 aromatic carbocycles. The Morgan fingerprint density at radius 3 is 2.67 bits per heavy atom. The van der Waals surface area contributed by atoms with E-state index in [1.165, 1.54) is 0 Å². The second kappa shape index (κ2) is 2.69. The van der Waals surface area contributed by atoms with Crippen LogP contribution in [0.25, 0.3) is 0 Å². The van der Waals surface area contributed by atoms with Gasteiger partial charge >= 0.3 is 0 Å². The third-order valence-corrected chi connectivity index (χ3v) is 2.63. The molecule has 0 heterocycles. The number of alkyl halides is 1. The Kier molecular flexibility index (Phi) is 2.11. The van der Waals surface area contributed by atoms with Crippen LogP contribution >= 0.6 is 22.6 Å².